The number of hydrogen-bond acceptors (Lipinski definition) is 3. The maximum atomic E-state index is 12.0. The largest absolute Gasteiger partial charge is 0.398 e. The zero-order valence-electron chi connectivity index (χ0n) is 9.08. The fraction of sp³-hybridized carbons (Fsp3) is 0.400. The molecule has 1 rings (SSSR count). The Labute approximate surface area is 97.4 Å². The second-order valence-corrected chi connectivity index (χ2v) is 5.80. The first-order valence-electron chi connectivity index (χ1n) is 4.77. The van der Waals surface area contributed by atoms with E-state index in [4.69, 9.17) is 5.73 Å². The third-order valence-corrected chi connectivity index (χ3v) is 3.92. The van der Waals surface area contributed by atoms with Crippen molar-refractivity contribution in [2.75, 3.05) is 11.5 Å². The van der Waals surface area contributed by atoms with Crippen molar-refractivity contribution in [2.24, 2.45) is 0 Å². The van der Waals surface area contributed by atoms with Crippen molar-refractivity contribution in [3.05, 3.63) is 23.8 Å². The zero-order valence-corrected chi connectivity index (χ0v) is 9.90. The van der Waals surface area contributed by atoms with Gasteiger partial charge in [0.05, 0.1) is 22.8 Å². The molecule has 0 heterocycles. The molecule has 1 aromatic rings. The first-order chi connectivity index (χ1) is 7.62. The van der Waals surface area contributed by atoms with Gasteiger partial charge >= 0.3 is 6.18 Å². The Balaban J connectivity index is 3.02. The van der Waals surface area contributed by atoms with Crippen LogP contribution in [-0.4, -0.2) is 20.3 Å². The van der Waals surface area contributed by atoms with Gasteiger partial charge < -0.3 is 5.73 Å². The molecule has 0 aliphatic rings. The summed E-state index contributed by atoms with van der Waals surface area (Å²) in [5, 5.41) is 0. The van der Waals surface area contributed by atoms with Gasteiger partial charge in [0.1, 0.15) is 0 Å². The maximum absolute atomic E-state index is 12.0. The third kappa shape index (κ3) is 3.92. The molecule has 0 aromatic heterocycles. The average molecular weight is 267 g/mol. The van der Waals surface area contributed by atoms with Crippen molar-refractivity contribution in [2.45, 2.75) is 24.4 Å². The van der Waals surface area contributed by atoms with Gasteiger partial charge in [-0.05, 0) is 24.6 Å². The summed E-state index contributed by atoms with van der Waals surface area (Å²) >= 11 is 0. The van der Waals surface area contributed by atoms with Gasteiger partial charge in [-0.3, -0.25) is 0 Å². The molecule has 1 aromatic carbocycles. The second kappa shape index (κ2) is 4.56. The Kier molecular flexibility index (Phi) is 3.71. The smallest absolute Gasteiger partial charge is 0.390 e. The number of aryl methyl sites for hydroxylation is 1. The average Bonchev–Trinajstić information content (AvgIpc) is 2.18. The molecule has 0 aliphatic heterocycles. The van der Waals surface area contributed by atoms with E-state index < -0.39 is 28.2 Å². The number of hydrogen-bond donors (Lipinski definition) is 1. The first kappa shape index (κ1) is 13.8. The van der Waals surface area contributed by atoms with Gasteiger partial charge in [0.2, 0.25) is 0 Å². The lowest BCUT2D eigenvalue weighted by molar-refractivity contribution is -0.129. The van der Waals surface area contributed by atoms with E-state index in [1.165, 1.54) is 12.1 Å². The van der Waals surface area contributed by atoms with Crippen LogP contribution in [0.4, 0.5) is 18.9 Å². The molecule has 96 valence electrons. The van der Waals surface area contributed by atoms with Gasteiger partial charge in [-0.1, -0.05) is 6.07 Å². The van der Waals surface area contributed by atoms with Crippen LogP contribution in [0.3, 0.4) is 0 Å². The van der Waals surface area contributed by atoms with Crippen LogP contribution in [0.2, 0.25) is 0 Å². The number of nitrogens with two attached hydrogens (primary N) is 1. The number of anilines is 1. The molecule has 0 saturated heterocycles. The number of alkyl halides is 3. The molecular formula is C10H12F3NO2S. The standard InChI is InChI=1S/C10H12F3NO2S/c1-7-2-3-8(14)9(6-7)17(15,16)5-4-10(11,12)13/h2-3,6H,4-5,14H2,1H3. The van der Waals surface area contributed by atoms with Crippen LogP contribution in [-0.2, 0) is 9.84 Å². The van der Waals surface area contributed by atoms with E-state index in [2.05, 4.69) is 0 Å². The van der Waals surface area contributed by atoms with E-state index in [0.717, 1.165) is 0 Å². The summed E-state index contributed by atoms with van der Waals surface area (Å²) in [4.78, 5) is -0.234. The van der Waals surface area contributed by atoms with Crippen molar-refractivity contribution in [3.63, 3.8) is 0 Å². The lowest BCUT2D eigenvalue weighted by Crippen LogP contribution is -2.17. The molecular weight excluding hydrogens is 255 g/mol. The molecule has 0 fully saturated rings. The topological polar surface area (TPSA) is 60.2 Å². The summed E-state index contributed by atoms with van der Waals surface area (Å²) in [7, 11) is -3.99. The highest BCUT2D eigenvalue weighted by Gasteiger charge is 2.31. The highest BCUT2D eigenvalue weighted by molar-refractivity contribution is 7.91. The normalized spacial score (nSPS) is 12.7. The summed E-state index contributed by atoms with van der Waals surface area (Å²) in [6.45, 7) is 1.64. The fourth-order valence-corrected chi connectivity index (χ4v) is 2.78. The Hall–Kier alpha value is -1.24. The van der Waals surface area contributed by atoms with E-state index in [0.29, 0.717) is 5.56 Å². The third-order valence-electron chi connectivity index (χ3n) is 2.16. The quantitative estimate of drug-likeness (QED) is 0.855. The van der Waals surface area contributed by atoms with Crippen molar-refractivity contribution in [1.82, 2.24) is 0 Å². The number of rotatable bonds is 3. The van der Waals surface area contributed by atoms with Crippen LogP contribution in [0, 0.1) is 6.92 Å². The van der Waals surface area contributed by atoms with Crippen LogP contribution < -0.4 is 5.73 Å². The monoisotopic (exact) mass is 267 g/mol. The molecule has 0 aliphatic carbocycles. The van der Waals surface area contributed by atoms with E-state index in [1.807, 2.05) is 0 Å². The molecule has 7 heteroatoms. The molecule has 0 amide bonds. The van der Waals surface area contributed by atoms with E-state index in [1.54, 1.807) is 13.0 Å². The Morgan fingerprint density at radius 3 is 2.41 bits per heavy atom. The molecule has 17 heavy (non-hydrogen) atoms. The highest BCUT2D eigenvalue weighted by Crippen LogP contribution is 2.25. The van der Waals surface area contributed by atoms with Gasteiger partial charge in [0.15, 0.2) is 9.84 Å². The summed E-state index contributed by atoms with van der Waals surface area (Å²) in [6.07, 6.45) is -5.87. The molecule has 0 spiro atoms. The minimum Gasteiger partial charge on any atom is -0.398 e. The Bertz CT molecular complexity index is 509. The van der Waals surface area contributed by atoms with Gasteiger partial charge in [0, 0.05) is 0 Å². The predicted molar refractivity (Wildman–Crippen MR) is 58.3 cm³/mol. The van der Waals surface area contributed by atoms with Crippen LogP contribution in [0.15, 0.2) is 23.1 Å². The number of halogens is 3. The number of sulfone groups is 1. The van der Waals surface area contributed by atoms with E-state index in [-0.39, 0.29) is 10.6 Å². The number of nitrogen functional groups attached to an aromatic ring is 1. The fourth-order valence-electron chi connectivity index (χ4n) is 1.27. The van der Waals surface area contributed by atoms with Gasteiger partial charge in [0.25, 0.3) is 0 Å². The van der Waals surface area contributed by atoms with Crippen molar-refractivity contribution < 1.29 is 21.6 Å². The van der Waals surface area contributed by atoms with Crippen molar-refractivity contribution >= 4 is 15.5 Å². The molecule has 0 radical (unpaired) electrons. The van der Waals surface area contributed by atoms with Crippen molar-refractivity contribution in [1.29, 1.82) is 0 Å². The van der Waals surface area contributed by atoms with Crippen LogP contribution in [0.1, 0.15) is 12.0 Å². The second-order valence-electron chi connectivity index (χ2n) is 3.73. The highest BCUT2D eigenvalue weighted by atomic mass is 32.2. The van der Waals surface area contributed by atoms with Gasteiger partial charge in [-0.25, -0.2) is 8.42 Å². The number of benzene rings is 1. The zero-order chi connectivity index (χ0) is 13.3. The Morgan fingerprint density at radius 1 is 1.29 bits per heavy atom. The maximum Gasteiger partial charge on any atom is 0.390 e. The summed E-state index contributed by atoms with van der Waals surface area (Å²) in [5.41, 5.74) is 6.05. The van der Waals surface area contributed by atoms with E-state index in [9.17, 15) is 21.6 Å². The van der Waals surface area contributed by atoms with Crippen LogP contribution in [0.25, 0.3) is 0 Å². The molecule has 0 bridgehead atoms. The minimum atomic E-state index is -4.49. The summed E-state index contributed by atoms with van der Waals surface area (Å²) < 4.78 is 59.3. The van der Waals surface area contributed by atoms with Crippen LogP contribution in [0.5, 0.6) is 0 Å². The SMILES string of the molecule is Cc1ccc(N)c(S(=O)(=O)CCC(F)(F)F)c1. The molecule has 2 N–H and O–H groups in total. The molecule has 0 saturated carbocycles. The van der Waals surface area contributed by atoms with Crippen LogP contribution >= 0.6 is 0 Å². The van der Waals surface area contributed by atoms with Crippen molar-refractivity contribution in [3.8, 4) is 0 Å². The van der Waals surface area contributed by atoms with Gasteiger partial charge in [-0.15, -0.1) is 0 Å². The summed E-state index contributed by atoms with van der Waals surface area (Å²) in [5.74, 6) is -0.982. The lowest BCUT2D eigenvalue weighted by Gasteiger charge is -2.10. The minimum absolute atomic E-state index is 0.0298. The molecule has 0 atom stereocenters. The predicted octanol–water partition coefficient (Wildman–Crippen LogP) is 2.30. The summed E-state index contributed by atoms with van der Waals surface area (Å²) in [6, 6.07) is 4.24. The van der Waals surface area contributed by atoms with Gasteiger partial charge in [-0.2, -0.15) is 13.2 Å². The molecule has 3 nitrogen and oxygen atoms in total. The lowest BCUT2D eigenvalue weighted by atomic mass is 10.2. The van der Waals surface area contributed by atoms with E-state index >= 15 is 0 Å². The molecule has 0 unspecified atom stereocenters. The first-order valence-corrected chi connectivity index (χ1v) is 6.43. The Morgan fingerprint density at radius 2 is 1.88 bits per heavy atom.